The Hall–Kier alpha value is -1.67. The predicted octanol–water partition coefficient (Wildman–Crippen LogP) is 0.141. The van der Waals surface area contributed by atoms with E-state index in [9.17, 15) is 0 Å². The number of hydrogen-bond donors (Lipinski definition) is 2. The van der Waals surface area contributed by atoms with Gasteiger partial charge in [0.1, 0.15) is 11.9 Å². The molecule has 2 unspecified atom stereocenters. The first-order chi connectivity index (χ1) is 6.83. The SMILES string of the molecule is N#Cc1ccc(NC2CC2CO)nn1. The van der Waals surface area contributed by atoms with E-state index in [1.54, 1.807) is 12.1 Å². The van der Waals surface area contributed by atoms with Gasteiger partial charge in [0.25, 0.3) is 0 Å². The van der Waals surface area contributed by atoms with Gasteiger partial charge in [-0.05, 0) is 18.6 Å². The zero-order chi connectivity index (χ0) is 9.97. The van der Waals surface area contributed by atoms with Crippen LogP contribution in [0.5, 0.6) is 0 Å². The molecule has 0 bridgehead atoms. The minimum absolute atomic E-state index is 0.210. The first kappa shape index (κ1) is 8.91. The molecule has 14 heavy (non-hydrogen) atoms. The molecule has 0 amide bonds. The zero-order valence-corrected chi connectivity index (χ0v) is 7.51. The summed E-state index contributed by atoms with van der Waals surface area (Å²) in [6.45, 7) is 0.210. The van der Waals surface area contributed by atoms with E-state index in [0.29, 0.717) is 23.5 Å². The molecule has 2 rings (SSSR count). The molecule has 1 heterocycles. The number of hydrogen-bond acceptors (Lipinski definition) is 5. The van der Waals surface area contributed by atoms with Crippen LogP contribution < -0.4 is 5.32 Å². The summed E-state index contributed by atoms with van der Waals surface area (Å²) < 4.78 is 0. The molecule has 2 N–H and O–H groups in total. The second-order valence-corrected chi connectivity index (χ2v) is 3.34. The van der Waals surface area contributed by atoms with Crippen LogP contribution in [0.2, 0.25) is 0 Å². The predicted molar refractivity (Wildman–Crippen MR) is 49.4 cm³/mol. The largest absolute Gasteiger partial charge is 0.396 e. The summed E-state index contributed by atoms with van der Waals surface area (Å²) in [6.07, 6.45) is 0.970. The van der Waals surface area contributed by atoms with Crippen molar-refractivity contribution in [1.29, 1.82) is 5.26 Å². The number of nitrogens with one attached hydrogen (secondary N) is 1. The molecule has 72 valence electrons. The second-order valence-electron chi connectivity index (χ2n) is 3.34. The Morgan fingerprint density at radius 2 is 2.43 bits per heavy atom. The molecule has 0 spiro atoms. The van der Waals surface area contributed by atoms with Gasteiger partial charge in [0, 0.05) is 18.6 Å². The van der Waals surface area contributed by atoms with Gasteiger partial charge in [0.05, 0.1) is 0 Å². The lowest BCUT2D eigenvalue weighted by molar-refractivity contribution is 0.275. The van der Waals surface area contributed by atoms with Gasteiger partial charge in [0.2, 0.25) is 0 Å². The van der Waals surface area contributed by atoms with Crippen LogP contribution in [-0.2, 0) is 0 Å². The smallest absolute Gasteiger partial charge is 0.163 e. The Balaban J connectivity index is 1.95. The number of aliphatic hydroxyl groups is 1. The van der Waals surface area contributed by atoms with Gasteiger partial charge in [0.15, 0.2) is 5.69 Å². The van der Waals surface area contributed by atoms with Gasteiger partial charge < -0.3 is 10.4 Å². The zero-order valence-electron chi connectivity index (χ0n) is 7.51. The molecule has 1 aromatic rings. The number of nitrogens with zero attached hydrogens (tertiary/aromatic N) is 3. The molecule has 2 atom stereocenters. The monoisotopic (exact) mass is 190 g/mol. The van der Waals surface area contributed by atoms with Crippen LogP contribution in [0.15, 0.2) is 12.1 Å². The molecule has 1 aliphatic carbocycles. The average molecular weight is 190 g/mol. The maximum atomic E-state index is 8.82. The fraction of sp³-hybridized carbons (Fsp3) is 0.444. The normalized spacial score (nSPS) is 24.0. The molecule has 1 aliphatic rings. The molecule has 0 radical (unpaired) electrons. The summed E-state index contributed by atoms with van der Waals surface area (Å²) in [7, 11) is 0. The van der Waals surface area contributed by atoms with Crippen LogP contribution >= 0.6 is 0 Å². The van der Waals surface area contributed by atoms with E-state index in [1.165, 1.54) is 0 Å². The van der Waals surface area contributed by atoms with Crippen molar-refractivity contribution in [2.45, 2.75) is 12.5 Å². The highest BCUT2D eigenvalue weighted by Gasteiger charge is 2.36. The molecule has 1 aromatic heterocycles. The first-order valence-corrected chi connectivity index (χ1v) is 4.44. The third-order valence-electron chi connectivity index (χ3n) is 2.27. The molecular weight excluding hydrogens is 180 g/mol. The average Bonchev–Trinajstić information content (AvgIpc) is 2.98. The van der Waals surface area contributed by atoms with E-state index in [-0.39, 0.29) is 6.61 Å². The van der Waals surface area contributed by atoms with E-state index < -0.39 is 0 Å². The molecule has 0 aliphatic heterocycles. The van der Waals surface area contributed by atoms with Crippen molar-refractivity contribution in [2.24, 2.45) is 5.92 Å². The van der Waals surface area contributed by atoms with Crippen LogP contribution in [-0.4, -0.2) is 28.0 Å². The lowest BCUT2D eigenvalue weighted by Gasteiger charge is -2.01. The van der Waals surface area contributed by atoms with Crippen molar-refractivity contribution in [3.8, 4) is 6.07 Å². The standard InChI is InChI=1S/C9H10N4O/c10-4-7-1-2-9(13-12-7)11-8-3-6(8)5-14/h1-2,6,8,14H,3,5H2,(H,11,13). The molecule has 5 heteroatoms. The highest BCUT2D eigenvalue weighted by atomic mass is 16.3. The molecule has 1 saturated carbocycles. The van der Waals surface area contributed by atoms with Gasteiger partial charge >= 0.3 is 0 Å². The maximum absolute atomic E-state index is 8.82. The Labute approximate surface area is 81.4 Å². The van der Waals surface area contributed by atoms with E-state index in [1.807, 2.05) is 6.07 Å². The fourth-order valence-corrected chi connectivity index (χ4v) is 1.28. The van der Waals surface area contributed by atoms with Crippen LogP contribution in [0.4, 0.5) is 5.82 Å². The van der Waals surface area contributed by atoms with Crippen molar-refractivity contribution in [1.82, 2.24) is 10.2 Å². The van der Waals surface area contributed by atoms with E-state index in [4.69, 9.17) is 10.4 Å². The number of aromatic nitrogens is 2. The summed E-state index contributed by atoms with van der Waals surface area (Å²) in [4.78, 5) is 0. The topological polar surface area (TPSA) is 81.8 Å². The fourth-order valence-electron chi connectivity index (χ4n) is 1.28. The van der Waals surface area contributed by atoms with Crippen molar-refractivity contribution in [3.63, 3.8) is 0 Å². The molecule has 0 saturated heterocycles. The maximum Gasteiger partial charge on any atom is 0.163 e. The Morgan fingerprint density at radius 1 is 1.57 bits per heavy atom. The van der Waals surface area contributed by atoms with E-state index in [2.05, 4.69) is 15.5 Å². The Kier molecular flexibility index (Phi) is 2.29. The lowest BCUT2D eigenvalue weighted by Crippen LogP contribution is -2.08. The number of aliphatic hydroxyl groups excluding tert-OH is 1. The van der Waals surface area contributed by atoms with Crippen molar-refractivity contribution < 1.29 is 5.11 Å². The quantitative estimate of drug-likeness (QED) is 0.708. The number of rotatable bonds is 3. The lowest BCUT2D eigenvalue weighted by atomic mass is 10.4. The summed E-state index contributed by atoms with van der Waals surface area (Å²) in [5, 5.41) is 28.0. The first-order valence-electron chi connectivity index (χ1n) is 4.44. The van der Waals surface area contributed by atoms with Crippen molar-refractivity contribution in [3.05, 3.63) is 17.8 Å². The molecule has 1 fully saturated rings. The highest BCUT2D eigenvalue weighted by Crippen LogP contribution is 2.32. The number of nitriles is 1. The van der Waals surface area contributed by atoms with Crippen LogP contribution in [0.25, 0.3) is 0 Å². The van der Waals surface area contributed by atoms with Gasteiger partial charge in [-0.25, -0.2) is 0 Å². The summed E-state index contributed by atoms with van der Waals surface area (Å²) in [6, 6.07) is 5.55. The summed E-state index contributed by atoms with van der Waals surface area (Å²) >= 11 is 0. The Bertz CT molecular complexity index is 356. The molecular formula is C9H10N4O. The number of anilines is 1. The second kappa shape index (κ2) is 3.60. The molecule has 5 nitrogen and oxygen atoms in total. The third kappa shape index (κ3) is 1.80. The van der Waals surface area contributed by atoms with Gasteiger partial charge in [-0.3, -0.25) is 0 Å². The van der Waals surface area contributed by atoms with Crippen LogP contribution in [0.3, 0.4) is 0 Å². The summed E-state index contributed by atoms with van der Waals surface area (Å²) in [5.41, 5.74) is 0.310. The van der Waals surface area contributed by atoms with Gasteiger partial charge in [-0.1, -0.05) is 0 Å². The van der Waals surface area contributed by atoms with Gasteiger partial charge in [-0.15, -0.1) is 10.2 Å². The highest BCUT2D eigenvalue weighted by molar-refractivity contribution is 5.38. The van der Waals surface area contributed by atoms with E-state index >= 15 is 0 Å². The minimum Gasteiger partial charge on any atom is -0.396 e. The minimum atomic E-state index is 0.210. The molecule has 0 aromatic carbocycles. The van der Waals surface area contributed by atoms with Crippen molar-refractivity contribution >= 4 is 5.82 Å². The van der Waals surface area contributed by atoms with Crippen LogP contribution in [0, 0.1) is 17.2 Å². The van der Waals surface area contributed by atoms with Gasteiger partial charge in [-0.2, -0.15) is 5.26 Å². The van der Waals surface area contributed by atoms with E-state index in [0.717, 1.165) is 6.42 Å². The Morgan fingerprint density at radius 3 is 2.93 bits per heavy atom. The van der Waals surface area contributed by atoms with Crippen LogP contribution in [0.1, 0.15) is 12.1 Å². The third-order valence-corrected chi connectivity index (χ3v) is 2.27. The summed E-state index contributed by atoms with van der Waals surface area (Å²) in [5.74, 6) is 0.998. The van der Waals surface area contributed by atoms with Crippen molar-refractivity contribution in [2.75, 3.05) is 11.9 Å².